The molecule has 0 atom stereocenters. The first-order chi connectivity index (χ1) is 5.45. The molecule has 0 aromatic carbocycles. The summed E-state index contributed by atoms with van der Waals surface area (Å²) in [7, 11) is 0. The van der Waals surface area contributed by atoms with Gasteiger partial charge in [0.1, 0.15) is 5.01 Å². The van der Waals surface area contributed by atoms with E-state index in [4.69, 9.17) is 0 Å². The lowest BCUT2D eigenvalue weighted by molar-refractivity contribution is 0.862. The SMILES string of the molecule is C(=C1CCNC1)c1nccs1. The number of nitrogens with zero attached hydrogens (tertiary/aromatic N) is 1. The van der Waals surface area contributed by atoms with Crippen LogP contribution in [0.4, 0.5) is 0 Å². The van der Waals surface area contributed by atoms with E-state index in [1.807, 2.05) is 11.6 Å². The number of hydrogen-bond acceptors (Lipinski definition) is 3. The van der Waals surface area contributed by atoms with Gasteiger partial charge in [-0.25, -0.2) is 4.98 Å². The molecule has 2 nitrogen and oxygen atoms in total. The van der Waals surface area contributed by atoms with Crippen molar-refractivity contribution in [3.63, 3.8) is 0 Å². The van der Waals surface area contributed by atoms with Gasteiger partial charge in [0.05, 0.1) is 0 Å². The predicted molar refractivity (Wildman–Crippen MR) is 47.6 cm³/mol. The molecule has 0 amide bonds. The second-order valence-corrected chi connectivity index (χ2v) is 3.53. The molecule has 1 aliphatic heterocycles. The topological polar surface area (TPSA) is 24.9 Å². The predicted octanol–water partition coefficient (Wildman–Crippen LogP) is 1.52. The van der Waals surface area contributed by atoms with E-state index in [2.05, 4.69) is 16.4 Å². The first-order valence-corrected chi connectivity index (χ1v) is 4.63. The number of hydrogen-bond donors (Lipinski definition) is 1. The quantitative estimate of drug-likeness (QED) is 0.684. The van der Waals surface area contributed by atoms with Crippen molar-refractivity contribution in [1.82, 2.24) is 10.3 Å². The van der Waals surface area contributed by atoms with Crippen LogP contribution in [0.1, 0.15) is 11.4 Å². The Morgan fingerprint density at radius 1 is 1.64 bits per heavy atom. The van der Waals surface area contributed by atoms with E-state index in [0.29, 0.717) is 0 Å². The molecule has 0 bridgehead atoms. The van der Waals surface area contributed by atoms with Crippen LogP contribution in [0.15, 0.2) is 17.2 Å². The first kappa shape index (κ1) is 7.00. The molecule has 1 aromatic rings. The summed E-state index contributed by atoms with van der Waals surface area (Å²) >= 11 is 1.69. The Balaban J connectivity index is 2.13. The summed E-state index contributed by atoms with van der Waals surface area (Å²) in [6.07, 6.45) is 5.21. The largest absolute Gasteiger partial charge is 0.313 e. The summed E-state index contributed by atoms with van der Waals surface area (Å²) in [6, 6.07) is 0. The van der Waals surface area contributed by atoms with Crippen LogP contribution in [0.5, 0.6) is 0 Å². The Labute approximate surface area is 70.0 Å². The average molecular weight is 166 g/mol. The van der Waals surface area contributed by atoms with Crippen LogP contribution in [0.25, 0.3) is 6.08 Å². The molecule has 2 heterocycles. The highest BCUT2D eigenvalue weighted by molar-refractivity contribution is 7.10. The number of aromatic nitrogens is 1. The van der Waals surface area contributed by atoms with Crippen LogP contribution in [-0.2, 0) is 0 Å². The van der Waals surface area contributed by atoms with Crippen molar-refractivity contribution < 1.29 is 0 Å². The van der Waals surface area contributed by atoms with Gasteiger partial charge in [-0.3, -0.25) is 0 Å². The van der Waals surface area contributed by atoms with Crippen molar-refractivity contribution in [3.8, 4) is 0 Å². The molecule has 1 aliphatic rings. The Bertz CT molecular complexity index is 243. The van der Waals surface area contributed by atoms with Crippen LogP contribution in [0, 0.1) is 0 Å². The molecule has 1 N–H and O–H groups in total. The minimum absolute atomic E-state index is 1.04. The molecule has 1 fully saturated rings. The molecule has 0 aliphatic carbocycles. The second-order valence-electron chi connectivity index (χ2n) is 2.60. The fraction of sp³-hybridized carbons (Fsp3) is 0.375. The first-order valence-electron chi connectivity index (χ1n) is 3.75. The van der Waals surface area contributed by atoms with E-state index >= 15 is 0 Å². The Morgan fingerprint density at radius 3 is 3.27 bits per heavy atom. The van der Waals surface area contributed by atoms with Gasteiger partial charge in [-0.1, -0.05) is 5.57 Å². The summed E-state index contributed by atoms with van der Waals surface area (Å²) in [4.78, 5) is 4.19. The van der Waals surface area contributed by atoms with Gasteiger partial charge >= 0.3 is 0 Å². The van der Waals surface area contributed by atoms with Gasteiger partial charge in [-0.05, 0) is 19.0 Å². The van der Waals surface area contributed by atoms with Gasteiger partial charge in [0.15, 0.2) is 0 Å². The molecule has 0 unspecified atom stereocenters. The lowest BCUT2D eigenvalue weighted by Crippen LogP contribution is -2.04. The van der Waals surface area contributed by atoms with E-state index in [1.165, 1.54) is 12.0 Å². The van der Waals surface area contributed by atoms with Gasteiger partial charge in [-0.2, -0.15) is 0 Å². The Kier molecular flexibility index (Phi) is 2.01. The fourth-order valence-corrected chi connectivity index (χ4v) is 1.81. The molecular formula is C8H10N2S. The van der Waals surface area contributed by atoms with Gasteiger partial charge < -0.3 is 5.32 Å². The molecule has 58 valence electrons. The van der Waals surface area contributed by atoms with E-state index in [9.17, 15) is 0 Å². The minimum atomic E-state index is 1.04. The van der Waals surface area contributed by atoms with Crippen LogP contribution in [-0.4, -0.2) is 18.1 Å². The lowest BCUT2D eigenvalue weighted by atomic mass is 10.2. The monoisotopic (exact) mass is 166 g/mol. The van der Waals surface area contributed by atoms with E-state index < -0.39 is 0 Å². The summed E-state index contributed by atoms with van der Waals surface area (Å²) in [5, 5.41) is 6.43. The number of nitrogens with one attached hydrogen (secondary N) is 1. The molecule has 0 radical (unpaired) electrons. The fourth-order valence-electron chi connectivity index (χ4n) is 1.19. The summed E-state index contributed by atoms with van der Waals surface area (Å²) in [5.41, 5.74) is 1.47. The van der Waals surface area contributed by atoms with Crippen molar-refractivity contribution in [2.75, 3.05) is 13.1 Å². The Morgan fingerprint density at radius 2 is 2.64 bits per heavy atom. The highest BCUT2D eigenvalue weighted by atomic mass is 32.1. The second kappa shape index (κ2) is 3.15. The minimum Gasteiger partial charge on any atom is -0.313 e. The van der Waals surface area contributed by atoms with Gasteiger partial charge in [0.2, 0.25) is 0 Å². The standard InChI is InChI=1S/C8H10N2S/c1-2-9-6-7(1)5-8-10-3-4-11-8/h3-5,9H,1-2,6H2. The summed E-state index contributed by atoms with van der Waals surface area (Å²) in [6.45, 7) is 2.16. The highest BCUT2D eigenvalue weighted by Crippen LogP contribution is 2.13. The molecule has 0 saturated carbocycles. The third-order valence-corrected chi connectivity index (χ3v) is 2.48. The molecule has 3 heteroatoms. The molecule has 11 heavy (non-hydrogen) atoms. The summed E-state index contributed by atoms with van der Waals surface area (Å²) < 4.78 is 0. The van der Waals surface area contributed by atoms with Crippen LogP contribution in [0.2, 0.25) is 0 Å². The molecule has 0 spiro atoms. The van der Waals surface area contributed by atoms with E-state index in [0.717, 1.165) is 18.1 Å². The molecule has 1 saturated heterocycles. The van der Waals surface area contributed by atoms with Crippen molar-refractivity contribution in [1.29, 1.82) is 0 Å². The van der Waals surface area contributed by atoms with Crippen molar-refractivity contribution in [2.24, 2.45) is 0 Å². The van der Waals surface area contributed by atoms with Crippen LogP contribution < -0.4 is 5.32 Å². The molecule has 1 aromatic heterocycles. The lowest BCUT2D eigenvalue weighted by Gasteiger charge is -1.89. The Hall–Kier alpha value is -0.670. The maximum Gasteiger partial charge on any atom is 0.115 e. The zero-order chi connectivity index (χ0) is 7.52. The highest BCUT2D eigenvalue weighted by Gasteiger charge is 2.05. The number of rotatable bonds is 1. The van der Waals surface area contributed by atoms with Crippen molar-refractivity contribution in [2.45, 2.75) is 6.42 Å². The van der Waals surface area contributed by atoms with Crippen LogP contribution in [0.3, 0.4) is 0 Å². The maximum atomic E-state index is 4.19. The average Bonchev–Trinajstić information content (AvgIpc) is 2.60. The third kappa shape index (κ3) is 1.67. The van der Waals surface area contributed by atoms with Crippen molar-refractivity contribution in [3.05, 3.63) is 22.2 Å². The van der Waals surface area contributed by atoms with Gasteiger partial charge in [0, 0.05) is 18.1 Å². The van der Waals surface area contributed by atoms with Gasteiger partial charge in [-0.15, -0.1) is 11.3 Å². The maximum absolute atomic E-state index is 4.19. The van der Waals surface area contributed by atoms with E-state index in [1.54, 1.807) is 11.3 Å². The normalized spacial score (nSPS) is 21.3. The van der Waals surface area contributed by atoms with Gasteiger partial charge in [0.25, 0.3) is 0 Å². The third-order valence-electron chi connectivity index (χ3n) is 1.75. The zero-order valence-corrected chi connectivity index (χ0v) is 7.03. The zero-order valence-electron chi connectivity index (χ0n) is 6.21. The van der Waals surface area contributed by atoms with Crippen molar-refractivity contribution >= 4 is 17.4 Å². The smallest absolute Gasteiger partial charge is 0.115 e. The molecule has 2 rings (SSSR count). The number of thiazole rings is 1. The molecular weight excluding hydrogens is 156 g/mol. The summed E-state index contributed by atoms with van der Waals surface area (Å²) in [5.74, 6) is 0. The van der Waals surface area contributed by atoms with E-state index in [-0.39, 0.29) is 0 Å². The van der Waals surface area contributed by atoms with Crippen LogP contribution >= 0.6 is 11.3 Å².